The van der Waals surface area contributed by atoms with Crippen LogP contribution in [0.1, 0.15) is 36.7 Å². The van der Waals surface area contributed by atoms with Crippen LogP contribution in [-0.2, 0) is 9.47 Å². The molecular weight excluding hydrogens is 306 g/mol. The molecule has 22 heavy (non-hydrogen) atoms. The molecule has 0 fully saturated rings. The summed E-state index contributed by atoms with van der Waals surface area (Å²) in [6.07, 6.45) is 3.06. The molecule has 0 unspecified atom stereocenters. The van der Waals surface area contributed by atoms with Crippen LogP contribution in [0.5, 0.6) is 0 Å². The fourth-order valence-corrected chi connectivity index (χ4v) is 1.83. The molecule has 1 amide bonds. The predicted octanol–water partition coefficient (Wildman–Crippen LogP) is 3.66. The van der Waals surface area contributed by atoms with Gasteiger partial charge in [0, 0.05) is 6.54 Å². The topological polar surface area (TPSA) is 64.6 Å². The van der Waals surface area contributed by atoms with Crippen LogP contribution in [0.2, 0.25) is 5.02 Å². The molecule has 5 nitrogen and oxygen atoms in total. The van der Waals surface area contributed by atoms with Crippen molar-refractivity contribution in [3.8, 4) is 0 Å². The van der Waals surface area contributed by atoms with Crippen LogP contribution in [-0.4, -0.2) is 31.3 Å². The summed E-state index contributed by atoms with van der Waals surface area (Å²) in [7, 11) is 1.30. The number of amides is 1. The second-order valence-corrected chi connectivity index (χ2v) is 5.92. The van der Waals surface area contributed by atoms with Crippen LogP contribution in [0, 0.1) is 0 Å². The lowest BCUT2D eigenvalue weighted by molar-refractivity contribution is 0.0532. The summed E-state index contributed by atoms with van der Waals surface area (Å²) < 4.78 is 9.73. The third-order valence-corrected chi connectivity index (χ3v) is 2.78. The number of hydrogen-bond acceptors (Lipinski definition) is 4. The summed E-state index contributed by atoms with van der Waals surface area (Å²) in [6.45, 7) is 5.72. The Labute approximate surface area is 135 Å². The predicted molar refractivity (Wildman–Crippen MR) is 86.1 cm³/mol. The van der Waals surface area contributed by atoms with E-state index in [1.807, 2.05) is 0 Å². The fourth-order valence-electron chi connectivity index (χ4n) is 1.56. The highest BCUT2D eigenvalue weighted by atomic mass is 35.5. The van der Waals surface area contributed by atoms with Gasteiger partial charge in [0.15, 0.2) is 0 Å². The Hall–Kier alpha value is -2.01. The number of methoxy groups -OCH3 is 1. The molecule has 6 heteroatoms. The number of benzene rings is 1. The highest BCUT2D eigenvalue weighted by molar-refractivity contribution is 6.33. The quantitative estimate of drug-likeness (QED) is 0.858. The lowest BCUT2D eigenvalue weighted by atomic mass is 10.1. The Bertz CT molecular complexity index is 576. The van der Waals surface area contributed by atoms with Crippen molar-refractivity contribution in [1.82, 2.24) is 5.32 Å². The van der Waals surface area contributed by atoms with E-state index in [1.54, 1.807) is 51.1 Å². The van der Waals surface area contributed by atoms with Crippen molar-refractivity contribution in [2.24, 2.45) is 0 Å². The number of halogens is 1. The van der Waals surface area contributed by atoms with Gasteiger partial charge >= 0.3 is 12.1 Å². The molecule has 120 valence electrons. The summed E-state index contributed by atoms with van der Waals surface area (Å²) in [5.74, 6) is -0.480. The number of hydrogen-bond donors (Lipinski definition) is 1. The molecule has 0 saturated heterocycles. The van der Waals surface area contributed by atoms with Crippen LogP contribution in [0.25, 0.3) is 6.08 Å². The van der Waals surface area contributed by atoms with Gasteiger partial charge in [-0.25, -0.2) is 9.59 Å². The van der Waals surface area contributed by atoms with Crippen molar-refractivity contribution in [3.63, 3.8) is 0 Å². The molecule has 0 spiro atoms. The summed E-state index contributed by atoms with van der Waals surface area (Å²) in [5.41, 5.74) is 0.599. The van der Waals surface area contributed by atoms with Gasteiger partial charge in [-0.1, -0.05) is 29.8 Å². The van der Waals surface area contributed by atoms with Gasteiger partial charge in [-0.2, -0.15) is 0 Å². The molecule has 1 N–H and O–H groups in total. The van der Waals surface area contributed by atoms with Gasteiger partial charge in [-0.3, -0.25) is 0 Å². The fraction of sp³-hybridized carbons (Fsp3) is 0.375. The zero-order chi connectivity index (χ0) is 16.8. The Morgan fingerprint density at radius 1 is 1.32 bits per heavy atom. The third-order valence-electron chi connectivity index (χ3n) is 2.47. The van der Waals surface area contributed by atoms with Crippen molar-refractivity contribution in [3.05, 3.63) is 40.4 Å². The smallest absolute Gasteiger partial charge is 0.407 e. The molecule has 0 radical (unpaired) electrons. The monoisotopic (exact) mass is 325 g/mol. The van der Waals surface area contributed by atoms with E-state index in [9.17, 15) is 9.59 Å². The first kappa shape index (κ1) is 18.0. The first-order chi connectivity index (χ1) is 10.2. The maximum Gasteiger partial charge on any atom is 0.407 e. The molecule has 0 atom stereocenters. The number of esters is 1. The summed E-state index contributed by atoms with van der Waals surface area (Å²) >= 11 is 6.01. The minimum absolute atomic E-state index is 0.313. The maximum absolute atomic E-state index is 11.4. The molecule has 0 saturated carbocycles. The van der Waals surface area contributed by atoms with Crippen LogP contribution < -0.4 is 5.32 Å². The molecule has 1 aromatic rings. The van der Waals surface area contributed by atoms with Crippen LogP contribution in [0.3, 0.4) is 0 Å². The van der Waals surface area contributed by atoms with E-state index >= 15 is 0 Å². The van der Waals surface area contributed by atoms with Crippen molar-refractivity contribution in [2.45, 2.75) is 26.4 Å². The van der Waals surface area contributed by atoms with Crippen molar-refractivity contribution < 1.29 is 19.1 Å². The zero-order valence-electron chi connectivity index (χ0n) is 13.1. The van der Waals surface area contributed by atoms with Gasteiger partial charge in [0.25, 0.3) is 0 Å². The van der Waals surface area contributed by atoms with Crippen LogP contribution in [0.4, 0.5) is 4.79 Å². The second kappa shape index (κ2) is 7.84. The van der Waals surface area contributed by atoms with Gasteiger partial charge < -0.3 is 14.8 Å². The largest absolute Gasteiger partial charge is 0.465 e. The Kier molecular flexibility index (Phi) is 6.43. The lowest BCUT2D eigenvalue weighted by Crippen LogP contribution is -2.32. The van der Waals surface area contributed by atoms with Crippen molar-refractivity contribution in [1.29, 1.82) is 0 Å². The Morgan fingerprint density at radius 2 is 2.00 bits per heavy atom. The maximum atomic E-state index is 11.4. The average Bonchev–Trinajstić information content (AvgIpc) is 2.41. The molecular formula is C16H20ClNO4. The number of nitrogens with one attached hydrogen (secondary N) is 1. The first-order valence-electron chi connectivity index (χ1n) is 6.74. The molecule has 0 aliphatic carbocycles. The van der Waals surface area contributed by atoms with Gasteiger partial charge in [0.2, 0.25) is 0 Å². The minimum atomic E-state index is -0.523. The van der Waals surface area contributed by atoms with Gasteiger partial charge in [-0.15, -0.1) is 0 Å². The van der Waals surface area contributed by atoms with E-state index in [1.165, 1.54) is 7.11 Å². The van der Waals surface area contributed by atoms with E-state index in [0.29, 0.717) is 17.1 Å². The van der Waals surface area contributed by atoms with E-state index in [4.69, 9.17) is 16.3 Å². The van der Waals surface area contributed by atoms with E-state index in [2.05, 4.69) is 10.1 Å². The number of alkyl carbamates (subject to hydrolysis) is 1. The van der Waals surface area contributed by atoms with Crippen molar-refractivity contribution >= 4 is 29.7 Å². The standard InChI is InChI=1S/C16H20ClNO4/c1-16(2,3)22-15(20)18-9-5-6-11-7-8-12(13(17)10-11)14(19)21-4/h5-8,10H,9H2,1-4H3,(H,18,20). The molecule has 0 bridgehead atoms. The van der Waals surface area contributed by atoms with E-state index in [-0.39, 0.29) is 0 Å². The molecule has 0 heterocycles. The van der Waals surface area contributed by atoms with E-state index in [0.717, 1.165) is 5.56 Å². The second-order valence-electron chi connectivity index (χ2n) is 5.52. The van der Waals surface area contributed by atoms with Crippen molar-refractivity contribution in [2.75, 3.05) is 13.7 Å². The third kappa shape index (κ3) is 6.18. The van der Waals surface area contributed by atoms with Crippen LogP contribution in [0.15, 0.2) is 24.3 Å². The molecule has 0 aliphatic rings. The number of rotatable bonds is 4. The lowest BCUT2D eigenvalue weighted by Gasteiger charge is -2.19. The molecule has 0 aromatic heterocycles. The summed E-state index contributed by atoms with van der Waals surface area (Å²) in [5, 5.41) is 2.92. The van der Waals surface area contributed by atoms with Crippen LogP contribution >= 0.6 is 11.6 Å². The SMILES string of the molecule is COC(=O)c1ccc(C=CCNC(=O)OC(C)(C)C)cc1Cl. The molecule has 1 aromatic carbocycles. The molecule has 0 aliphatic heterocycles. The Balaban J connectivity index is 2.56. The highest BCUT2D eigenvalue weighted by Gasteiger charge is 2.15. The zero-order valence-corrected chi connectivity index (χ0v) is 13.9. The molecule has 1 rings (SSSR count). The summed E-state index contributed by atoms with van der Waals surface area (Å²) in [6, 6.07) is 4.98. The first-order valence-corrected chi connectivity index (χ1v) is 7.12. The number of ether oxygens (including phenoxy) is 2. The van der Waals surface area contributed by atoms with Gasteiger partial charge in [0.05, 0.1) is 17.7 Å². The van der Waals surface area contributed by atoms with Gasteiger partial charge in [-0.05, 0) is 38.5 Å². The average molecular weight is 326 g/mol. The normalized spacial score (nSPS) is 11.3. The van der Waals surface area contributed by atoms with Gasteiger partial charge in [0.1, 0.15) is 5.60 Å². The van der Waals surface area contributed by atoms with E-state index < -0.39 is 17.7 Å². The number of carbonyl (C=O) groups excluding carboxylic acids is 2. The minimum Gasteiger partial charge on any atom is -0.465 e. The highest BCUT2D eigenvalue weighted by Crippen LogP contribution is 2.19. The summed E-state index contributed by atoms with van der Waals surface area (Å²) in [4.78, 5) is 22.8. The Morgan fingerprint density at radius 3 is 2.55 bits per heavy atom. The number of carbonyl (C=O) groups is 2.